The van der Waals surface area contributed by atoms with Crippen LogP contribution in [0.1, 0.15) is 26.3 Å². The third kappa shape index (κ3) is 2.62. The average Bonchev–Trinajstić information content (AvgIpc) is 2.16. The van der Waals surface area contributed by atoms with E-state index < -0.39 is 20.7 Å². The van der Waals surface area contributed by atoms with Gasteiger partial charge in [0.05, 0.1) is 15.7 Å². The van der Waals surface area contributed by atoms with Crippen molar-refractivity contribution in [1.82, 2.24) is 0 Å². The Morgan fingerprint density at radius 2 is 1.62 bits per heavy atom. The first kappa shape index (κ1) is 13.2. The lowest BCUT2D eigenvalue weighted by Crippen LogP contribution is -2.39. The molecule has 0 saturated carbocycles. The molecule has 16 heavy (non-hydrogen) atoms. The first-order valence-corrected chi connectivity index (χ1v) is 6.73. The van der Waals surface area contributed by atoms with E-state index in [1.807, 2.05) is 6.92 Å². The quantitative estimate of drug-likeness (QED) is 0.881. The van der Waals surface area contributed by atoms with Gasteiger partial charge < -0.3 is 5.11 Å². The van der Waals surface area contributed by atoms with Gasteiger partial charge >= 0.3 is 0 Å². The Kier molecular flexibility index (Phi) is 3.45. The van der Waals surface area contributed by atoms with Gasteiger partial charge in [0.1, 0.15) is 0 Å². The summed E-state index contributed by atoms with van der Waals surface area (Å²) in [5, 5.41) is 8.93. The Hall–Kier alpha value is -0.870. The molecular weight excluding hydrogens is 224 g/mol. The molecule has 0 amide bonds. The molecule has 0 saturated heterocycles. The topological polar surface area (TPSA) is 54.4 Å². The summed E-state index contributed by atoms with van der Waals surface area (Å²) in [4.78, 5) is 0.257. The maximum absolute atomic E-state index is 12.1. The van der Waals surface area contributed by atoms with E-state index in [9.17, 15) is 13.5 Å². The maximum Gasteiger partial charge on any atom is 0.183 e. The zero-order chi connectivity index (χ0) is 12.6. The molecular formula is C12H18O3S. The molecule has 1 aromatic carbocycles. The molecule has 0 aliphatic rings. The maximum atomic E-state index is 12.1. The molecule has 0 fully saturated rings. The van der Waals surface area contributed by atoms with E-state index >= 15 is 0 Å². The van der Waals surface area contributed by atoms with Gasteiger partial charge in [-0.3, -0.25) is 0 Å². The predicted molar refractivity (Wildman–Crippen MR) is 64.1 cm³/mol. The lowest BCUT2D eigenvalue weighted by Gasteiger charge is -2.25. The van der Waals surface area contributed by atoms with Crippen molar-refractivity contribution in [2.45, 2.75) is 43.4 Å². The second-order valence-corrected chi connectivity index (χ2v) is 6.92. The van der Waals surface area contributed by atoms with E-state index in [0.29, 0.717) is 0 Å². The number of hydrogen-bond acceptors (Lipinski definition) is 3. The van der Waals surface area contributed by atoms with Gasteiger partial charge in [-0.05, 0) is 39.8 Å². The van der Waals surface area contributed by atoms with Crippen LogP contribution in [0.3, 0.4) is 0 Å². The Morgan fingerprint density at radius 3 is 2.00 bits per heavy atom. The van der Waals surface area contributed by atoms with Crippen molar-refractivity contribution < 1.29 is 13.5 Å². The number of hydrogen-bond donors (Lipinski definition) is 1. The van der Waals surface area contributed by atoms with Crippen molar-refractivity contribution in [1.29, 1.82) is 0 Å². The summed E-state index contributed by atoms with van der Waals surface area (Å²) in [5.41, 5.74) is -0.237. The van der Waals surface area contributed by atoms with Crippen LogP contribution in [0, 0.1) is 6.92 Å². The zero-order valence-electron chi connectivity index (χ0n) is 10.1. The zero-order valence-corrected chi connectivity index (χ0v) is 10.9. The fourth-order valence-corrected chi connectivity index (χ4v) is 2.99. The molecule has 0 radical (unpaired) electrons. The van der Waals surface area contributed by atoms with E-state index in [1.54, 1.807) is 24.3 Å². The van der Waals surface area contributed by atoms with Gasteiger partial charge in [-0.25, -0.2) is 8.42 Å². The van der Waals surface area contributed by atoms with Crippen molar-refractivity contribution in [3.05, 3.63) is 29.8 Å². The first-order valence-electron chi connectivity index (χ1n) is 5.18. The second-order valence-electron chi connectivity index (χ2n) is 4.65. The van der Waals surface area contributed by atoms with Gasteiger partial charge in [0.25, 0.3) is 0 Å². The third-order valence-electron chi connectivity index (χ3n) is 2.81. The van der Waals surface area contributed by atoms with Gasteiger partial charge in [-0.2, -0.15) is 0 Å². The van der Waals surface area contributed by atoms with Gasteiger partial charge in [0, 0.05) is 0 Å². The number of rotatable bonds is 3. The molecule has 90 valence electrons. The second kappa shape index (κ2) is 4.18. The SMILES string of the molecule is Cc1ccc(S(=O)(=O)C(C)C(C)(C)O)cc1. The van der Waals surface area contributed by atoms with Crippen LogP contribution in [-0.4, -0.2) is 24.4 Å². The molecule has 4 heteroatoms. The van der Waals surface area contributed by atoms with Crippen LogP contribution in [0.5, 0.6) is 0 Å². The molecule has 1 rings (SSSR count). The van der Waals surface area contributed by atoms with E-state index in [-0.39, 0.29) is 4.90 Å². The summed E-state index contributed by atoms with van der Waals surface area (Å²) in [6.45, 7) is 6.43. The Morgan fingerprint density at radius 1 is 1.19 bits per heavy atom. The fraction of sp³-hybridized carbons (Fsp3) is 0.500. The highest BCUT2D eigenvalue weighted by Gasteiger charge is 2.34. The van der Waals surface area contributed by atoms with Crippen LogP contribution in [0.15, 0.2) is 29.2 Å². The summed E-state index contributed by atoms with van der Waals surface area (Å²) in [7, 11) is -3.46. The fourth-order valence-electron chi connectivity index (χ4n) is 1.31. The summed E-state index contributed by atoms with van der Waals surface area (Å²) in [6, 6.07) is 6.66. The summed E-state index contributed by atoms with van der Waals surface area (Å²) in [5.74, 6) is 0. The molecule has 1 unspecified atom stereocenters. The largest absolute Gasteiger partial charge is 0.389 e. The van der Waals surface area contributed by atoms with Crippen molar-refractivity contribution >= 4 is 9.84 Å². The molecule has 0 heterocycles. The average molecular weight is 242 g/mol. The summed E-state index contributed by atoms with van der Waals surface area (Å²) >= 11 is 0. The van der Waals surface area contributed by atoms with E-state index in [4.69, 9.17) is 0 Å². The number of aryl methyl sites for hydroxylation is 1. The standard InChI is InChI=1S/C12H18O3S/c1-9-5-7-11(8-6-9)16(14,15)10(2)12(3,4)13/h5-8,10,13H,1-4H3. The highest BCUT2D eigenvalue weighted by molar-refractivity contribution is 7.92. The van der Waals surface area contributed by atoms with Crippen LogP contribution in [0.2, 0.25) is 0 Å². The molecule has 0 bridgehead atoms. The van der Waals surface area contributed by atoms with E-state index in [0.717, 1.165) is 5.56 Å². The van der Waals surface area contributed by atoms with E-state index in [1.165, 1.54) is 20.8 Å². The lowest BCUT2D eigenvalue weighted by atomic mass is 10.1. The molecule has 1 atom stereocenters. The van der Waals surface area contributed by atoms with Crippen LogP contribution in [0.25, 0.3) is 0 Å². The number of aliphatic hydroxyl groups is 1. The molecule has 0 aliphatic heterocycles. The van der Waals surface area contributed by atoms with Gasteiger partial charge in [-0.15, -0.1) is 0 Å². The lowest BCUT2D eigenvalue weighted by molar-refractivity contribution is 0.0796. The molecule has 1 aromatic rings. The van der Waals surface area contributed by atoms with E-state index in [2.05, 4.69) is 0 Å². The Labute approximate surface area is 97.0 Å². The highest BCUT2D eigenvalue weighted by Crippen LogP contribution is 2.24. The molecule has 1 N–H and O–H groups in total. The van der Waals surface area contributed by atoms with Crippen molar-refractivity contribution in [2.75, 3.05) is 0 Å². The minimum Gasteiger partial charge on any atom is -0.389 e. The molecule has 3 nitrogen and oxygen atoms in total. The van der Waals surface area contributed by atoms with Crippen LogP contribution >= 0.6 is 0 Å². The van der Waals surface area contributed by atoms with Crippen LogP contribution in [-0.2, 0) is 9.84 Å². The van der Waals surface area contributed by atoms with Gasteiger partial charge in [-0.1, -0.05) is 17.7 Å². The Bertz CT molecular complexity index is 452. The molecule has 0 spiro atoms. The van der Waals surface area contributed by atoms with Gasteiger partial charge in [0.15, 0.2) is 9.84 Å². The minimum atomic E-state index is -3.46. The first-order chi connectivity index (χ1) is 7.15. The number of benzene rings is 1. The van der Waals surface area contributed by atoms with Gasteiger partial charge in [0.2, 0.25) is 0 Å². The Balaban J connectivity index is 3.17. The number of sulfone groups is 1. The monoisotopic (exact) mass is 242 g/mol. The highest BCUT2D eigenvalue weighted by atomic mass is 32.2. The van der Waals surface area contributed by atoms with Crippen LogP contribution < -0.4 is 0 Å². The minimum absolute atomic E-state index is 0.257. The van der Waals surface area contributed by atoms with Crippen LogP contribution in [0.4, 0.5) is 0 Å². The normalized spacial score (nSPS) is 14.8. The summed E-state index contributed by atoms with van der Waals surface area (Å²) < 4.78 is 24.3. The third-order valence-corrected chi connectivity index (χ3v) is 5.25. The van der Waals surface area contributed by atoms with Crippen molar-refractivity contribution in [3.63, 3.8) is 0 Å². The smallest absolute Gasteiger partial charge is 0.183 e. The molecule has 0 aliphatic carbocycles. The molecule has 0 aromatic heterocycles. The predicted octanol–water partition coefficient (Wildman–Crippen LogP) is 1.93. The van der Waals surface area contributed by atoms with Crippen molar-refractivity contribution in [2.24, 2.45) is 0 Å². The summed E-state index contributed by atoms with van der Waals surface area (Å²) in [6.07, 6.45) is 0. The van der Waals surface area contributed by atoms with Crippen molar-refractivity contribution in [3.8, 4) is 0 Å².